The molecule has 2 heterocycles. The lowest BCUT2D eigenvalue weighted by Crippen LogP contribution is -2.49. The topological polar surface area (TPSA) is 37.4 Å². The summed E-state index contributed by atoms with van der Waals surface area (Å²) in [5.41, 5.74) is 4.62. The third-order valence-corrected chi connectivity index (χ3v) is 5.55. The summed E-state index contributed by atoms with van der Waals surface area (Å²) in [7, 11) is 1.69. The van der Waals surface area contributed by atoms with Crippen LogP contribution in [0.15, 0.2) is 54.6 Å². The molecule has 0 spiro atoms. The molecule has 31 heavy (non-hydrogen) atoms. The van der Waals surface area contributed by atoms with Crippen molar-refractivity contribution in [2.24, 2.45) is 0 Å². The first kappa shape index (κ1) is 25.3. The normalized spacial score (nSPS) is 14.6. The molecule has 0 radical (unpaired) electrons. The van der Waals surface area contributed by atoms with Gasteiger partial charge in [0.25, 0.3) is 0 Å². The number of hydrogen-bond acceptors (Lipinski definition) is 4. The fourth-order valence-corrected chi connectivity index (χ4v) is 4.21. The van der Waals surface area contributed by atoms with Gasteiger partial charge in [-0.1, -0.05) is 18.2 Å². The third-order valence-electron chi connectivity index (χ3n) is 5.55. The van der Waals surface area contributed by atoms with Gasteiger partial charge in [0.1, 0.15) is 5.75 Å². The molecule has 2 aromatic carbocycles. The van der Waals surface area contributed by atoms with Gasteiger partial charge >= 0.3 is 0 Å². The number of hydrogen-bond donors (Lipinski definition) is 1. The Morgan fingerprint density at radius 1 is 0.968 bits per heavy atom. The largest absolute Gasteiger partial charge is 0.497 e. The molecule has 0 saturated carbocycles. The van der Waals surface area contributed by atoms with Crippen LogP contribution in [0.25, 0.3) is 22.2 Å². The average molecular weight is 462 g/mol. The summed E-state index contributed by atoms with van der Waals surface area (Å²) >= 11 is 0. The number of nitrogens with one attached hydrogen (secondary N) is 1. The van der Waals surface area contributed by atoms with Crippen LogP contribution in [-0.4, -0.2) is 36.8 Å². The number of para-hydroxylation sites is 1. The molecule has 0 atom stereocenters. The Bertz CT molecular complexity index is 978. The van der Waals surface area contributed by atoms with Gasteiger partial charge in [-0.05, 0) is 70.0 Å². The first-order chi connectivity index (χ1) is 13.9. The van der Waals surface area contributed by atoms with E-state index in [2.05, 4.69) is 73.5 Å². The number of fused-ring (bicyclic) bond motifs is 1. The van der Waals surface area contributed by atoms with Crippen molar-refractivity contribution < 1.29 is 4.74 Å². The summed E-state index contributed by atoms with van der Waals surface area (Å²) in [6, 6.07) is 19.5. The van der Waals surface area contributed by atoms with E-state index in [1.54, 1.807) is 7.11 Å². The SMILES string of the molecule is COc1ccc(-c2cc(N3CCC(NC(C)(C)C)CC3)c3ccccc3n2)cc1.Cl.Cl. The molecule has 6 heteroatoms. The second-order valence-electron chi connectivity index (χ2n) is 8.93. The van der Waals surface area contributed by atoms with Gasteiger partial charge in [0.05, 0.1) is 18.3 Å². The fraction of sp³-hybridized carbons (Fsp3) is 0.400. The van der Waals surface area contributed by atoms with Gasteiger partial charge < -0.3 is 15.0 Å². The highest BCUT2D eigenvalue weighted by atomic mass is 35.5. The van der Waals surface area contributed by atoms with Crippen LogP contribution in [0.1, 0.15) is 33.6 Å². The van der Waals surface area contributed by atoms with Gasteiger partial charge in [-0.25, -0.2) is 4.98 Å². The smallest absolute Gasteiger partial charge is 0.118 e. The van der Waals surface area contributed by atoms with Crippen molar-refractivity contribution in [2.75, 3.05) is 25.1 Å². The van der Waals surface area contributed by atoms with E-state index in [0.717, 1.165) is 48.5 Å². The minimum Gasteiger partial charge on any atom is -0.497 e. The first-order valence-electron chi connectivity index (χ1n) is 10.5. The predicted octanol–water partition coefficient (Wildman–Crippen LogP) is 6.11. The minimum absolute atomic E-state index is 0. The zero-order chi connectivity index (χ0) is 20.4. The lowest BCUT2D eigenvalue weighted by molar-refractivity contribution is 0.317. The predicted molar refractivity (Wildman–Crippen MR) is 136 cm³/mol. The second kappa shape index (κ2) is 10.5. The minimum atomic E-state index is 0. The maximum Gasteiger partial charge on any atom is 0.118 e. The van der Waals surface area contributed by atoms with Gasteiger partial charge in [0, 0.05) is 41.3 Å². The Morgan fingerprint density at radius 3 is 2.23 bits per heavy atom. The molecule has 1 aromatic heterocycles. The number of piperidine rings is 1. The van der Waals surface area contributed by atoms with Crippen molar-refractivity contribution in [3.63, 3.8) is 0 Å². The van der Waals surface area contributed by atoms with Crippen molar-refractivity contribution in [1.82, 2.24) is 10.3 Å². The molecular formula is C25H33Cl2N3O. The van der Waals surface area contributed by atoms with Crippen LogP contribution in [0, 0.1) is 0 Å². The van der Waals surface area contributed by atoms with Crippen LogP contribution < -0.4 is 15.0 Å². The van der Waals surface area contributed by atoms with E-state index in [4.69, 9.17) is 9.72 Å². The highest BCUT2D eigenvalue weighted by molar-refractivity contribution is 5.94. The van der Waals surface area contributed by atoms with Gasteiger partial charge in [-0.3, -0.25) is 0 Å². The summed E-state index contributed by atoms with van der Waals surface area (Å²) in [6.07, 6.45) is 2.32. The van der Waals surface area contributed by atoms with Crippen LogP contribution in [0.5, 0.6) is 5.75 Å². The Hall–Kier alpha value is -2.01. The maximum atomic E-state index is 5.30. The zero-order valence-corrected chi connectivity index (χ0v) is 20.4. The van der Waals surface area contributed by atoms with E-state index in [1.807, 2.05) is 12.1 Å². The zero-order valence-electron chi connectivity index (χ0n) is 18.7. The number of methoxy groups -OCH3 is 1. The maximum absolute atomic E-state index is 5.30. The van der Waals surface area contributed by atoms with Crippen molar-refractivity contribution in [2.45, 2.75) is 45.2 Å². The summed E-state index contributed by atoms with van der Waals surface area (Å²) < 4.78 is 5.30. The summed E-state index contributed by atoms with van der Waals surface area (Å²) in [5, 5.41) is 4.99. The molecule has 1 N–H and O–H groups in total. The van der Waals surface area contributed by atoms with E-state index < -0.39 is 0 Å². The van der Waals surface area contributed by atoms with Gasteiger partial charge in [-0.15, -0.1) is 24.8 Å². The van der Waals surface area contributed by atoms with E-state index in [-0.39, 0.29) is 30.4 Å². The lowest BCUT2D eigenvalue weighted by atomic mass is 9.98. The number of rotatable bonds is 4. The molecule has 168 valence electrons. The van der Waals surface area contributed by atoms with Gasteiger partial charge in [0.15, 0.2) is 0 Å². The molecule has 0 bridgehead atoms. The average Bonchev–Trinajstić information content (AvgIpc) is 2.72. The van der Waals surface area contributed by atoms with Crippen molar-refractivity contribution in [1.29, 1.82) is 0 Å². The summed E-state index contributed by atoms with van der Waals surface area (Å²) in [4.78, 5) is 7.47. The Morgan fingerprint density at radius 2 is 1.61 bits per heavy atom. The van der Waals surface area contributed by atoms with Crippen LogP contribution in [0.3, 0.4) is 0 Å². The van der Waals surface area contributed by atoms with Crippen LogP contribution >= 0.6 is 24.8 Å². The number of anilines is 1. The Kier molecular flexibility index (Phi) is 8.58. The van der Waals surface area contributed by atoms with E-state index in [9.17, 15) is 0 Å². The molecule has 0 amide bonds. The molecule has 0 unspecified atom stereocenters. The molecule has 1 saturated heterocycles. The number of ether oxygens (including phenoxy) is 1. The molecule has 3 aromatic rings. The molecule has 0 aliphatic carbocycles. The van der Waals surface area contributed by atoms with E-state index in [0.29, 0.717) is 6.04 Å². The molecular weight excluding hydrogens is 429 g/mol. The molecule has 4 rings (SSSR count). The highest BCUT2D eigenvalue weighted by Gasteiger charge is 2.24. The number of benzene rings is 2. The Balaban J connectivity index is 0.00000171. The summed E-state index contributed by atoms with van der Waals surface area (Å²) in [5.74, 6) is 0.864. The number of pyridine rings is 1. The second-order valence-corrected chi connectivity index (χ2v) is 8.93. The van der Waals surface area contributed by atoms with Crippen LogP contribution in [-0.2, 0) is 0 Å². The molecule has 1 fully saturated rings. The Labute approximate surface area is 198 Å². The standard InChI is InChI=1S/C25H31N3O.2ClH/c1-25(2,3)27-19-13-15-28(16-14-19)24-17-23(18-9-11-20(29-4)12-10-18)26-22-8-6-5-7-21(22)24;;/h5-12,17,19,27H,13-16H2,1-4H3;2*1H. The summed E-state index contributed by atoms with van der Waals surface area (Å²) in [6.45, 7) is 8.86. The fourth-order valence-electron chi connectivity index (χ4n) is 4.21. The number of nitrogens with zero attached hydrogens (tertiary/aromatic N) is 2. The highest BCUT2D eigenvalue weighted by Crippen LogP contribution is 2.33. The third kappa shape index (κ3) is 6.03. The van der Waals surface area contributed by atoms with E-state index in [1.165, 1.54) is 11.1 Å². The van der Waals surface area contributed by atoms with Crippen LogP contribution in [0.4, 0.5) is 5.69 Å². The van der Waals surface area contributed by atoms with Crippen molar-refractivity contribution >= 4 is 41.4 Å². The molecule has 1 aliphatic heterocycles. The number of halogens is 2. The van der Waals surface area contributed by atoms with E-state index >= 15 is 0 Å². The van der Waals surface area contributed by atoms with Crippen LogP contribution in [0.2, 0.25) is 0 Å². The molecule has 1 aliphatic rings. The molecule has 4 nitrogen and oxygen atoms in total. The first-order valence-corrected chi connectivity index (χ1v) is 10.5. The van der Waals surface area contributed by atoms with Gasteiger partial charge in [-0.2, -0.15) is 0 Å². The monoisotopic (exact) mass is 461 g/mol. The van der Waals surface area contributed by atoms with Crippen molar-refractivity contribution in [3.8, 4) is 17.0 Å². The number of aromatic nitrogens is 1. The van der Waals surface area contributed by atoms with Gasteiger partial charge in [0.2, 0.25) is 0 Å². The van der Waals surface area contributed by atoms with Crippen molar-refractivity contribution in [3.05, 3.63) is 54.6 Å². The quantitative estimate of drug-likeness (QED) is 0.508. The lowest BCUT2D eigenvalue weighted by Gasteiger charge is -2.37.